The van der Waals surface area contributed by atoms with Crippen molar-refractivity contribution in [1.29, 1.82) is 0 Å². The fourth-order valence-electron chi connectivity index (χ4n) is 1.97. The lowest BCUT2D eigenvalue weighted by Crippen LogP contribution is -2.19. The number of hydrogen-bond acceptors (Lipinski definition) is 3. The van der Waals surface area contributed by atoms with Crippen molar-refractivity contribution < 1.29 is 30.7 Å². The fourth-order valence-corrected chi connectivity index (χ4v) is 1.97. The Morgan fingerprint density at radius 3 is 2.16 bits per heavy atom. The molecule has 2 rings (SSSR count). The Morgan fingerprint density at radius 1 is 1.08 bits per heavy atom. The zero-order valence-electron chi connectivity index (χ0n) is 11.9. The first-order valence-electron chi connectivity index (χ1n) is 6.22. The summed E-state index contributed by atoms with van der Waals surface area (Å²) < 4.78 is 91.5. The van der Waals surface area contributed by atoms with Gasteiger partial charge in [-0.2, -0.15) is 26.3 Å². The van der Waals surface area contributed by atoms with Crippen LogP contribution in [-0.2, 0) is 18.9 Å². The number of rotatable bonds is 2. The number of H-pyrrole nitrogens is 1. The molecule has 1 aromatic heterocycles. The monoisotopic (exact) mass is 391 g/mol. The summed E-state index contributed by atoms with van der Waals surface area (Å²) in [4.78, 5) is 16.0. The molecule has 4 nitrogen and oxygen atoms in total. The van der Waals surface area contributed by atoms with E-state index in [9.17, 15) is 35.5 Å². The molecular weight excluding hydrogens is 383 g/mol. The first kappa shape index (κ1) is 20.9. The van der Waals surface area contributed by atoms with Gasteiger partial charge >= 0.3 is 12.4 Å². The number of nitrogens with zero attached hydrogens (tertiary/aromatic N) is 1. The van der Waals surface area contributed by atoms with Gasteiger partial charge in [-0.3, -0.25) is 4.79 Å². The molecule has 0 amide bonds. The Labute approximate surface area is 141 Å². The molecule has 0 aliphatic carbocycles. The largest absolute Gasteiger partial charge is 0.433 e. The molecule has 0 fully saturated rings. The molecule has 0 aliphatic heterocycles. The van der Waals surface area contributed by atoms with Crippen LogP contribution in [-0.4, -0.2) is 9.97 Å². The second-order valence-corrected chi connectivity index (χ2v) is 4.64. The molecule has 0 atom stereocenters. The second-order valence-electron chi connectivity index (χ2n) is 4.64. The molecule has 0 bridgehead atoms. The molecule has 0 saturated heterocycles. The Kier molecular flexibility index (Phi) is 5.85. The number of halogens is 8. The predicted octanol–water partition coefficient (Wildman–Crippen LogP) is 3.49. The number of aromatic nitrogens is 2. The average Bonchev–Trinajstić information content (AvgIpc) is 2.44. The molecule has 0 unspecified atom stereocenters. The molecule has 1 heterocycles. The summed E-state index contributed by atoms with van der Waals surface area (Å²) in [6.45, 7) is -0.500. The van der Waals surface area contributed by atoms with Gasteiger partial charge in [-0.1, -0.05) is 6.07 Å². The summed E-state index contributed by atoms with van der Waals surface area (Å²) in [5.74, 6) is -2.69. The van der Waals surface area contributed by atoms with Gasteiger partial charge in [0.1, 0.15) is 11.6 Å². The van der Waals surface area contributed by atoms with E-state index in [-0.39, 0.29) is 24.0 Å². The van der Waals surface area contributed by atoms with Crippen molar-refractivity contribution in [3.63, 3.8) is 0 Å². The van der Waals surface area contributed by atoms with E-state index in [1.807, 2.05) is 0 Å². The molecule has 1 aromatic carbocycles. The highest BCUT2D eigenvalue weighted by atomic mass is 35.5. The van der Waals surface area contributed by atoms with Crippen LogP contribution in [0, 0.1) is 5.82 Å². The highest BCUT2D eigenvalue weighted by Crippen LogP contribution is 2.38. The molecule has 12 heteroatoms. The topological polar surface area (TPSA) is 71.8 Å². The van der Waals surface area contributed by atoms with Crippen molar-refractivity contribution in [2.75, 3.05) is 0 Å². The second kappa shape index (κ2) is 7.00. The number of hydrogen-bond donors (Lipinski definition) is 2. The molecule has 138 valence electrons. The van der Waals surface area contributed by atoms with Crippen molar-refractivity contribution in [2.24, 2.45) is 5.73 Å². The van der Waals surface area contributed by atoms with E-state index in [0.29, 0.717) is 6.07 Å². The third-order valence-corrected chi connectivity index (χ3v) is 3.02. The Hall–Kier alpha value is -2.14. The van der Waals surface area contributed by atoms with Gasteiger partial charge in [0.15, 0.2) is 5.69 Å². The van der Waals surface area contributed by atoms with Gasteiger partial charge in [-0.15, -0.1) is 12.4 Å². The van der Waals surface area contributed by atoms with Gasteiger partial charge < -0.3 is 10.7 Å². The van der Waals surface area contributed by atoms with Crippen LogP contribution in [0.1, 0.15) is 16.8 Å². The van der Waals surface area contributed by atoms with Gasteiger partial charge in [0.25, 0.3) is 5.56 Å². The summed E-state index contributed by atoms with van der Waals surface area (Å²) in [6, 6.07) is 1.27. The van der Waals surface area contributed by atoms with Crippen LogP contribution in [0.15, 0.2) is 23.0 Å². The molecule has 0 spiro atoms. The van der Waals surface area contributed by atoms with Crippen molar-refractivity contribution in [3.05, 3.63) is 51.2 Å². The molecule has 0 saturated carbocycles. The van der Waals surface area contributed by atoms with Crippen LogP contribution >= 0.6 is 12.4 Å². The zero-order valence-corrected chi connectivity index (χ0v) is 12.7. The number of nitrogens with two attached hydrogens (primary N) is 1. The third-order valence-electron chi connectivity index (χ3n) is 3.02. The number of benzene rings is 1. The van der Waals surface area contributed by atoms with E-state index in [0.717, 1.165) is 6.07 Å². The standard InChI is InChI=1S/C13H8F7N3O.ClH/c14-10-5(4-21)1-2-6(12(15,16)17)9(10)11-22-7(13(18,19)20)3-8(24)23-11;/h1-3H,4,21H2,(H,22,23,24);1H. The highest BCUT2D eigenvalue weighted by Gasteiger charge is 2.38. The first-order valence-corrected chi connectivity index (χ1v) is 6.22. The lowest BCUT2D eigenvalue weighted by molar-refractivity contribution is -0.141. The van der Waals surface area contributed by atoms with E-state index in [1.54, 1.807) is 4.98 Å². The van der Waals surface area contributed by atoms with Crippen LogP contribution < -0.4 is 11.3 Å². The lowest BCUT2D eigenvalue weighted by Gasteiger charge is -2.16. The van der Waals surface area contributed by atoms with E-state index in [2.05, 4.69) is 4.98 Å². The quantitative estimate of drug-likeness (QED) is 0.770. The van der Waals surface area contributed by atoms with Crippen molar-refractivity contribution in [2.45, 2.75) is 18.9 Å². The van der Waals surface area contributed by atoms with Gasteiger partial charge in [-0.25, -0.2) is 9.37 Å². The van der Waals surface area contributed by atoms with E-state index >= 15 is 0 Å². The van der Waals surface area contributed by atoms with Crippen LogP contribution in [0.2, 0.25) is 0 Å². The first-order chi connectivity index (χ1) is 10.9. The van der Waals surface area contributed by atoms with Gasteiger partial charge in [0, 0.05) is 18.2 Å². The summed E-state index contributed by atoms with van der Waals surface area (Å²) >= 11 is 0. The molecule has 0 radical (unpaired) electrons. The number of aromatic amines is 1. The summed E-state index contributed by atoms with van der Waals surface area (Å²) in [7, 11) is 0. The maximum atomic E-state index is 14.3. The Balaban J connectivity index is 0.00000312. The molecule has 25 heavy (non-hydrogen) atoms. The smallest absolute Gasteiger partial charge is 0.326 e. The SMILES string of the molecule is Cl.NCc1ccc(C(F)(F)F)c(-c2nc(C(F)(F)F)cc(=O)[nH]2)c1F. The minimum absolute atomic E-state index is 0. The molecule has 2 aromatic rings. The van der Waals surface area contributed by atoms with Crippen LogP contribution in [0.4, 0.5) is 30.7 Å². The third kappa shape index (κ3) is 4.28. The van der Waals surface area contributed by atoms with Crippen LogP contribution in [0.3, 0.4) is 0 Å². The summed E-state index contributed by atoms with van der Waals surface area (Å²) in [6.07, 6.45) is -10.2. The van der Waals surface area contributed by atoms with Crippen molar-refractivity contribution in [3.8, 4) is 11.4 Å². The lowest BCUT2D eigenvalue weighted by atomic mass is 10.0. The Morgan fingerprint density at radius 2 is 1.68 bits per heavy atom. The number of nitrogens with one attached hydrogen (secondary N) is 1. The average molecular weight is 392 g/mol. The van der Waals surface area contributed by atoms with E-state index in [1.165, 1.54) is 0 Å². The van der Waals surface area contributed by atoms with Gasteiger partial charge in [-0.05, 0) is 6.07 Å². The Bertz CT molecular complexity index is 830. The minimum Gasteiger partial charge on any atom is -0.326 e. The van der Waals surface area contributed by atoms with Crippen LogP contribution in [0.5, 0.6) is 0 Å². The zero-order chi connectivity index (χ0) is 18.3. The highest BCUT2D eigenvalue weighted by molar-refractivity contribution is 5.85. The summed E-state index contributed by atoms with van der Waals surface area (Å²) in [5, 5.41) is 0. The van der Waals surface area contributed by atoms with Gasteiger partial charge in [0.2, 0.25) is 0 Å². The van der Waals surface area contributed by atoms with Crippen molar-refractivity contribution in [1.82, 2.24) is 9.97 Å². The van der Waals surface area contributed by atoms with E-state index in [4.69, 9.17) is 5.73 Å². The van der Waals surface area contributed by atoms with E-state index < -0.39 is 52.9 Å². The normalized spacial score (nSPS) is 12.0. The van der Waals surface area contributed by atoms with Crippen LogP contribution in [0.25, 0.3) is 11.4 Å². The molecular formula is C13H9ClF7N3O. The fraction of sp³-hybridized carbons (Fsp3) is 0.231. The van der Waals surface area contributed by atoms with Crippen molar-refractivity contribution >= 4 is 12.4 Å². The molecule has 0 aliphatic rings. The minimum atomic E-state index is -5.09. The van der Waals surface area contributed by atoms with Gasteiger partial charge in [0.05, 0.1) is 11.1 Å². The summed E-state index contributed by atoms with van der Waals surface area (Å²) in [5.41, 5.74) is -1.19. The maximum Gasteiger partial charge on any atom is 0.433 e. The number of alkyl halides is 6. The predicted molar refractivity (Wildman–Crippen MR) is 75.4 cm³/mol. The molecule has 3 N–H and O–H groups in total. The maximum absolute atomic E-state index is 14.3.